The van der Waals surface area contributed by atoms with Crippen molar-refractivity contribution in [1.82, 2.24) is 9.80 Å². The van der Waals surface area contributed by atoms with Crippen molar-refractivity contribution < 1.29 is 9.84 Å². The molecule has 1 N–H and O–H groups in total. The van der Waals surface area contributed by atoms with Gasteiger partial charge in [0.25, 0.3) is 0 Å². The van der Waals surface area contributed by atoms with Crippen molar-refractivity contribution in [3.63, 3.8) is 0 Å². The number of ether oxygens (including phenoxy) is 1. The van der Waals surface area contributed by atoms with E-state index >= 15 is 0 Å². The third-order valence-corrected chi connectivity index (χ3v) is 5.25. The van der Waals surface area contributed by atoms with E-state index in [1.54, 1.807) is 0 Å². The Morgan fingerprint density at radius 1 is 1.12 bits per heavy atom. The van der Waals surface area contributed by atoms with E-state index in [1.165, 1.54) is 5.56 Å². The zero-order chi connectivity index (χ0) is 18.4. The molecule has 0 aliphatic carbocycles. The second-order valence-electron chi connectivity index (χ2n) is 6.90. The third kappa shape index (κ3) is 5.21. The predicted molar refractivity (Wildman–Crippen MR) is 106 cm³/mol. The van der Waals surface area contributed by atoms with Crippen molar-refractivity contribution >= 4 is 11.6 Å². The molecule has 0 spiro atoms. The Balaban J connectivity index is 1.62. The maximum absolute atomic E-state index is 9.28. The Bertz CT molecular complexity index is 693. The lowest BCUT2D eigenvalue weighted by Gasteiger charge is -2.39. The lowest BCUT2D eigenvalue weighted by Crippen LogP contribution is -2.51. The summed E-state index contributed by atoms with van der Waals surface area (Å²) in [6, 6.07) is 16.4. The average Bonchev–Trinajstić information content (AvgIpc) is 2.65. The summed E-state index contributed by atoms with van der Waals surface area (Å²) >= 11 is 5.94. The highest BCUT2D eigenvalue weighted by Gasteiger charge is 2.24. The first-order valence-electron chi connectivity index (χ1n) is 9.14. The topological polar surface area (TPSA) is 35.9 Å². The van der Waals surface area contributed by atoms with Crippen molar-refractivity contribution in [2.45, 2.75) is 25.6 Å². The highest BCUT2D eigenvalue weighted by molar-refractivity contribution is 6.30. The standard InChI is InChI=1S/C21H27ClN2O2/c1-23-11-12-24(15-20(23)10-13-25)14-18-4-2-3-5-21(18)26-16-17-6-8-19(22)9-7-17/h2-9,20,25H,10-16H2,1H3/t20-/m0/s1. The van der Waals surface area contributed by atoms with Crippen LogP contribution in [0.15, 0.2) is 48.5 Å². The van der Waals surface area contributed by atoms with Crippen LogP contribution in [-0.4, -0.2) is 54.2 Å². The number of rotatable bonds is 7. The molecular weight excluding hydrogens is 348 g/mol. The number of nitrogens with zero attached hydrogens (tertiary/aromatic N) is 2. The van der Waals surface area contributed by atoms with Crippen molar-refractivity contribution in [2.75, 3.05) is 33.3 Å². The number of benzene rings is 2. The van der Waals surface area contributed by atoms with Gasteiger partial charge in [0.05, 0.1) is 0 Å². The maximum Gasteiger partial charge on any atom is 0.124 e. The van der Waals surface area contributed by atoms with Crippen LogP contribution in [0.3, 0.4) is 0 Å². The molecule has 2 aromatic rings. The number of hydrogen-bond acceptors (Lipinski definition) is 4. The number of aliphatic hydroxyl groups excluding tert-OH is 1. The quantitative estimate of drug-likeness (QED) is 0.805. The summed E-state index contributed by atoms with van der Waals surface area (Å²) in [5.41, 5.74) is 2.31. The normalized spacial score (nSPS) is 18.8. The Morgan fingerprint density at radius 2 is 1.88 bits per heavy atom. The Labute approximate surface area is 160 Å². The second kappa shape index (κ2) is 9.38. The van der Waals surface area contributed by atoms with Crippen LogP contribution < -0.4 is 4.74 Å². The molecule has 1 saturated heterocycles. The zero-order valence-electron chi connectivity index (χ0n) is 15.3. The van der Waals surface area contributed by atoms with Gasteiger partial charge in [0.2, 0.25) is 0 Å². The number of likely N-dealkylation sites (N-methyl/N-ethyl adjacent to an activating group) is 1. The van der Waals surface area contributed by atoms with Crippen LogP contribution in [0.25, 0.3) is 0 Å². The molecule has 1 aliphatic heterocycles. The van der Waals surface area contributed by atoms with Gasteiger partial charge in [0, 0.05) is 49.4 Å². The van der Waals surface area contributed by atoms with Crippen LogP contribution in [0, 0.1) is 0 Å². The molecule has 0 saturated carbocycles. The van der Waals surface area contributed by atoms with Crippen LogP contribution in [0.1, 0.15) is 17.5 Å². The van der Waals surface area contributed by atoms with Gasteiger partial charge in [-0.3, -0.25) is 4.90 Å². The van der Waals surface area contributed by atoms with Crippen molar-refractivity contribution in [2.24, 2.45) is 0 Å². The number of piperazine rings is 1. The summed E-state index contributed by atoms with van der Waals surface area (Å²) in [7, 11) is 2.14. The van der Waals surface area contributed by atoms with E-state index in [0.717, 1.165) is 48.9 Å². The summed E-state index contributed by atoms with van der Waals surface area (Å²) in [6.07, 6.45) is 0.821. The van der Waals surface area contributed by atoms with Gasteiger partial charge in [0.1, 0.15) is 12.4 Å². The minimum absolute atomic E-state index is 0.240. The van der Waals surface area contributed by atoms with Crippen LogP contribution in [-0.2, 0) is 13.2 Å². The fourth-order valence-electron chi connectivity index (χ4n) is 3.37. The summed E-state index contributed by atoms with van der Waals surface area (Å²) in [5.74, 6) is 0.931. The first kappa shape index (κ1) is 19.2. The molecule has 1 aliphatic rings. The molecule has 26 heavy (non-hydrogen) atoms. The number of para-hydroxylation sites is 1. The van der Waals surface area contributed by atoms with Crippen LogP contribution >= 0.6 is 11.6 Å². The molecule has 0 amide bonds. The van der Waals surface area contributed by atoms with Gasteiger partial charge >= 0.3 is 0 Å². The first-order valence-corrected chi connectivity index (χ1v) is 9.52. The highest BCUT2D eigenvalue weighted by atomic mass is 35.5. The van der Waals surface area contributed by atoms with Gasteiger partial charge in [-0.2, -0.15) is 0 Å². The number of halogens is 1. The zero-order valence-corrected chi connectivity index (χ0v) is 16.0. The van der Waals surface area contributed by atoms with Crippen molar-refractivity contribution in [3.05, 3.63) is 64.7 Å². The Hall–Kier alpha value is -1.59. The summed E-state index contributed by atoms with van der Waals surface area (Å²) in [6.45, 7) is 4.67. The van der Waals surface area contributed by atoms with Gasteiger partial charge in [-0.15, -0.1) is 0 Å². The van der Waals surface area contributed by atoms with Crippen molar-refractivity contribution in [1.29, 1.82) is 0 Å². The molecule has 0 radical (unpaired) electrons. The van der Waals surface area contributed by atoms with E-state index in [9.17, 15) is 5.11 Å². The van der Waals surface area contributed by atoms with Gasteiger partial charge < -0.3 is 14.7 Å². The largest absolute Gasteiger partial charge is 0.489 e. The van der Waals surface area contributed by atoms with Gasteiger partial charge in [-0.1, -0.05) is 41.9 Å². The molecule has 3 rings (SSSR count). The third-order valence-electron chi connectivity index (χ3n) is 5.00. The smallest absolute Gasteiger partial charge is 0.124 e. The molecule has 1 heterocycles. The fourth-order valence-corrected chi connectivity index (χ4v) is 3.50. The maximum atomic E-state index is 9.28. The van der Waals surface area contributed by atoms with Gasteiger partial charge in [0.15, 0.2) is 0 Å². The minimum Gasteiger partial charge on any atom is -0.489 e. The highest BCUT2D eigenvalue weighted by Crippen LogP contribution is 2.23. The van der Waals surface area contributed by atoms with Gasteiger partial charge in [-0.05, 0) is 37.2 Å². The van der Waals surface area contributed by atoms with E-state index in [0.29, 0.717) is 12.6 Å². The first-order chi connectivity index (χ1) is 12.7. The lowest BCUT2D eigenvalue weighted by molar-refractivity contribution is 0.0736. The molecule has 1 fully saturated rings. The fraction of sp³-hybridized carbons (Fsp3) is 0.429. The molecule has 5 heteroatoms. The lowest BCUT2D eigenvalue weighted by atomic mass is 10.1. The van der Waals surface area contributed by atoms with Gasteiger partial charge in [-0.25, -0.2) is 0 Å². The molecular formula is C21H27ClN2O2. The molecule has 140 valence electrons. The SMILES string of the molecule is CN1CCN(Cc2ccccc2OCc2ccc(Cl)cc2)C[C@@H]1CCO. The summed E-state index contributed by atoms with van der Waals surface area (Å²) in [5, 5.41) is 10.0. The molecule has 0 aromatic heterocycles. The van der Waals surface area contributed by atoms with E-state index in [-0.39, 0.29) is 6.61 Å². The second-order valence-corrected chi connectivity index (χ2v) is 7.34. The van der Waals surface area contributed by atoms with E-state index in [2.05, 4.69) is 29.0 Å². The van der Waals surface area contributed by atoms with E-state index in [1.807, 2.05) is 36.4 Å². The monoisotopic (exact) mass is 374 g/mol. The van der Waals surface area contributed by atoms with E-state index < -0.39 is 0 Å². The Morgan fingerprint density at radius 3 is 2.65 bits per heavy atom. The predicted octanol–water partition coefficient (Wildman–Crippen LogP) is 3.42. The van der Waals surface area contributed by atoms with Crippen LogP contribution in [0.2, 0.25) is 5.02 Å². The van der Waals surface area contributed by atoms with E-state index in [4.69, 9.17) is 16.3 Å². The average molecular weight is 375 g/mol. The molecule has 1 atom stereocenters. The van der Waals surface area contributed by atoms with Crippen molar-refractivity contribution in [3.8, 4) is 5.75 Å². The summed E-state index contributed by atoms with van der Waals surface area (Å²) < 4.78 is 6.08. The van der Waals surface area contributed by atoms with Crippen LogP contribution in [0.5, 0.6) is 5.75 Å². The molecule has 4 nitrogen and oxygen atoms in total. The molecule has 0 bridgehead atoms. The number of aliphatic hydroxyl groups is 1. The van der Waals surface area contributed by atoms with Crippen LogP contribution in [0.4, 0.5) is 0 Å². The molecule has 0 unspecified atom stereocenters. The minimum atomic E-state index is 0.240. The molecule has 2 aromatic carbocycles. The number of hydrogen-bond donors (Lipinski definition) is 1. The Kier molecular flexibility index (Phi) is 6.92. The summed E-state index contributed by atoms with van der Waals surface area (Å²) in [4.78, 5) is 4.79.